The Bertz CT molecular complexity index is 786. The zero-order valence-corrected chi connectivity index (χ0v) is 16.9. The predicted octanol–water partition coefficient (Wildman–Crippen LogP) is 1.54. The first kappa shape index (κ1) is 21.6. The van der Waals surface area contributed by atoms with Gasteiger partial charge in [0, 0.05) is 17.7 Å². The maximum Gasteiger partial charge on any atom is 0.251 e. The van der Waals surface area contributed by atoms with Crippen LogP contribution in [0, 0.1) is 11.7 Å². The summed E-state index contributed by atoms with van der Waals surface area (Å²) in [6.45, 7) is 5.07. The largest absolute Gasteiger partial charge is 0.350 e. The van der Waals surface area contributed by atoms with Crippen LogP contribution in [0.5, 0.6) is 0 Å². The molecule has 6 heteroatoms. The maximum absolute atomic E-state index is 13.0. The fourth-order valence-corrected chi connectivity index (χ4v) is 2.84. The van der Waals surface area contributed by atoms with Crippen LogP contribution in [0.2, 0.25) is 0 Å². The number of carbonyl (C=O) groups excluding carboxylic acids is 2. The SMILES string of the molecule is CC(C)[C@H](NC(=O)c1ccc(F)cc1)C(=O)NCc1ccc(C[NH+](C)C)cc1. The minimum Gasteiger partial charge on any atom is -0.350 e. The molecule has 0 radical (unpaired) electrons. The minimum absolute atomic E-state index is 0.0881. The van der Waals surface area contributed by atoms with Gasteiger partial charge in [-0.15, -0.1) is 0 Å². The number of halogens is 1. The molecular formula is C22H29FN3O2+. The van der Waals surface area contributed by atoms with E-state index in [9.17, 15) is 14.0 Å². The molecule has 0 bridgehead atoms. The second-order valence-corrected chi connectivity index (χ2v) is 7.62. The highest BCUT2D eigenvalue weighted by Crippen LogP contribution is 2.08. The summed E-state index contributed by atoms with van der Waals surface area (Å²) in [6.07, 6.45) is 0. The van der Waals surface area contributed by atoms with Crippen LogP contribution < -0.4 is 15.5 Å². The van der Waals surface area contributed by atoms with Crippen molar-refractivity contribution in [3.63, 3.8) is 0 Å². The zero-order chi connectivity index (χ0) is 20.7. The molecule has 28 heavy (non-hydrogen) atoms. The van der Waals surface area contributed by atoms with E-state index in [0.717, 1.165) is 12.1 Å². The van der Waals surface area contributed by atoms with E-state index >= 15 is 0 Å². The first-order chi connectivity index (χ1) is 13.3. The summed E-state index contributed by atoms with van der Waals surface area (Å²) in [4.78, 5) is 26.3. The predicted molar refractivity (Wildman–Crippen MR) is 107 cm³/mol. The lowest BCUT2D eigenvalue weighted by Crippen LogP contribution is -3.04. The van der Waals surface area contributed by atoms with Crippen molar-refractivity contribution >= 4 is 11.8 Å². The minimum atomic E-state index is -0.672. The van der Waals surface area contributed by atoms with Crippen molar-refractivity contribution in [2.45, 2.75) is 33.0 Å². The fraction of sp³-hybridized carbons (Fsp3) is 0.364. The molecule has 0 saturated carbocycles. The van der Waals surface area contributed by atoms with E-state index in [2.05, 4.69) is 36.9 Å². The lowest BCUT2D eigenvalue weighted by atomic mass is 10.0. The van der Waals surface area contributed by atoms with E-state index in [0.29, 0.717) is 12.1 Å². The number of hydrogen-bond acceptors (Lipinski definition) is 2. The Hall–Kier alpha value is -2.73. The Labute approximate surface area is 165 Å². The molecule has 0 unspecified atom stereocenters. The number of benzene rings is 2. The number of quaternary nitrogens is 1. The molecule has 5 nitrogen and oxygen atoms in total. The zero-order valence-electron chi connectivity index (χ0n) is 16.9. The summed E-state index contributed by atoms with van der Waals surface area (Å²) in [6, 6.07) is 12.7. The summed E-state index contributed by atoms with van der Waals surface area (Å²) >= 11 is 0. The van der Waals surface area contributed by atoms with Crippen molar-refractivity contribution in [1.29, 1.82) is 0 Å². The highest BCUT2D eigenvalue weighted by molar-refractivity contribution is 5.97. The van der Waals surface area contributed by atoms with Crippen LogP contribution in [-0.2, 0) is 17.9 Å². The van der Waals surface area contributed by atoms with Gasteiger partial charge in [-0.25, -0.2) is 4.39 Å². The smallest absolute Gasteiger partial charge is 0.251 e. The number of carbonyl (C=O) groups is 2. The van der Waals surface area contributed by atoms with Crippen LogP contribution >= 0.6 is 0 Å². The molecule has 3 N–H and O–H groups in total. The molecule has 2 aromatic rings. The molecule has 1 atom stereocenters. The lowest BCUT2D eigenvalue weighted by Gasteiger charge is -2.22. The third-order valence-electron chi connectivity index (χ3n) is 4.39. The van der Waals surface area contributed by atoms with Crippen LogP contribution in [0.15, 0.2) is 48.5 Å². The Kier molecular flexibility index (Phi) is 7.70. The molecule has 0 aliphatic carbocycles. The highest BCUT2D eigenvalue weighted by Gasteiger charge is 2.24. The molecule has 0 aliphatic rings. The van der Waals surface area contributed by atoms with Crippen LogP contribution in [0.25, 0.3) is 0 Å². The number of rotatable bonds is 8. The number of amides is 2. The second-order valence-electron chi connectivity index (χ2n) is 7.62. The van der Waals surface area contributed by atoms with Crippen molar-refractivity contribution < 1.29 is 18.9 Å². The van der Waals surface area contributed by atoms with Crippen molar-refractivity contribution in [1.82, 2.24) is 10.6 Å². The second kappa shape index (κ2) is 9.99. The van der Waals surface area contributed by atoms with Gasteiger partial charge in [0.1, 0.15) is 18.4 Å². The molecule has 2 aromatic carbocycles. The highest BCUT2D eigenvalue weighted by atomic mass is 19.1. The summed E-state index contributed by atoms with van der Waals surface area (Å²) in [5, 5.41) is 5.63. The van der Waals surface area contributed by atoms with E-state index in [1.165, 1.54) is 34.7 Å². The van der Waals surface area contributed by atoms with Gasteiger partial charge >= 0.3 is 0 Å². The molecule has 2 amide bonds. The van der Waals surface area contributed by atoms with Gasteiger partial charge in [-0.2, -0.15) is 0 Å². The van der Waals surface area contributed by atoms with Gasteiger partial charge in [0.25, 0.3) is 5.91 Å². The van der Waals surface area contributed by atoms with Crippen LogP contribution in [0.1, 0.15) is 35.3 Å². The Morgan fingerprint density at radius 2 is 1.54 bits per heavy atom. The Balaban J connectivity index is 1.95. The van der Waals surface area contributed by atoms with Gasteiger partial charge < -0.3 is 15.5 Å². The van der Waals surface area contributed by atoms with Crippen molar-refractivity contribution in [2.75, 3.05) is 14.1 Å². The summed E-state index contributed by atoms with van der Waals surface area (Å²) in [7, 11) is 4.20. The van der Waals surface area contributed by atoms with Crippen molar-refractivity contribution in [2.24, 2.45) is 5.92 Å². The van der Waals surface area contributed by atoms with Gasteiger partial charge in [-0.3, -0.25) is 9.59 Å². The molecule has 0 aromatic heterocycles. The summed E-state index contributed by atoms with van der Waals surface area (Å²) in [5.41, 5.74) is 2.55. The molecule has 0 heterocycles. The van der Waals surface area contributed by atoms with E-state index < -0.39 is 17.8 Å². The summed E-state index contributed by atoms with van der Waals surface area (Å²) < 4.78 is 13.0. The first-order valence-electron chi connectivity index (χ1n) is 9.47. The molecule has 2 rings (SSSR count). The van der Waals surface area contributed by atoms with Gasteiger partial charge in [-0.1, -0.05) is 38.1 Å². The van der Waals surface area contributed by atoms with Crippen molar-refractivity contribution in [3.8, 4) is 0 Å². The Morgan fingerprint density at radius 3 is 2.07 bits per heavy atom. The van der Waals surface area contributed by atoms with Gasteiger partial charge in [0.05, 0.1) is 14.1 Å². The number of hydrogen-bond donors (Lipinski definition) is 3. The topological polar surface area (TPSA) is 62.6 Å². The Morgan fingerprint density at radius 1 is 0.964 bits per heavy atom. The average molecular weight is 386 g/mol. The van der Waals surface area contributed by atoms with E-state index in [4.69, 9.17) is 0 Å². The van der Waals surface area contributed by atoms with Crippen LogP contribution in [-0.4, -0.2) is 32.0 Å². The normalized spacial score (nSPS) is 12.1. The van der Waals surface area contributed by atoms with Gasteiger partial charge in [0.2, 0.25) is 5.91 Å². The third-order valence-corrected chi connectivity index (χ3v) is 4.39. The van der Waals surface area contributed by atoms with E-state index in [1.807, 2.05) is 26.0 Å². The fourth-order valence-electron chi connectivity index (χ4n) is 2.84. The lowest BCUT2D eigenvalue weighted by molar-refractivity contribution is -0.872. The van der Waals surface area contributed by atoms with Crippen LogP contribution in [0.3, 0.4) is 0 Å². The first-order valence-corrected chi connectivity index (χ1v) is 9.47. The standard InChI is InChI=1S/C22H28FN3O2/c1-15(2)20(25-21(27)18-9-11-19(23)12-10-18)22(28)24-13-16-5-7-17(8-6-16)14-26(3)4/h5-12,15,20H,13-14H2,1-4H3,(H,24,28)(H,25,27)/p+1/t20-/m0/s1. The molecule has 0 fully saturated rings. The third kappa shape index (κ3) is 6.46. The van der Waals surface area contributed by atoms with E-state index in [1.54, 1.807) is 0 Å². The molecule has 150 valence electrons. The monoisotopic (exact) mass is 386 g/mol. The van der Waals surface area contributed by atoms with Gasteiger partial charge in [-0.05, 0) is 35.7 Å². The molecule has 0 spiro atoms. The molecule has 0 saturated heterocycles. The number of nitrogens with one attached hydrogen (secondary N) is 3. The molecule has 0 aliphatic heterocycles. The van der Waals surface area contributed by atoms with Crippen LogP contribution in [0.4, 0.5) is 4.39 Å². The van der Waals surface area contributed by atoms with Gasteiger partial charge in [0.15, 0.2) is 0 Å². The maximum atomic E-state index is 13.0. The van der Waals surface area contributed by atoms with E-state index in [-0.39, 0.29) is 11.8 Å². The molecular weight excluding hydrogens is 357 g/mol. The summed E-state index contributed by atoms with van der Waals surface area (Å²) in [5.74, 6) is -1.14. The average Bonchev–Trinajstić information content (AvgIpc) is 2.65. The van der Waals surface area contributed by atoms with Crippen molar-refractivity contribution in [3.05, 3.63) is 71.0 Å². The quantitative estimate of drug-likeness (QED) is 0.645.